The lowest BCUT2D eigenvalue weighted by Gasteiger charge is -2.40. The highest BCUT2D eigenvalue weighted by atomic mass is 127. The third-order valence-electron chi connectivity index (χ3n) is 3.87. The monoisotopic (exact) mass is 323 g/mol. The van der Waals surface area contributed by atoms with E-state index in [9.17, 15) is 0 Å². The predicted molar refractivity (Wildman–Crippen MR) is 72.3 cm³/mol. The zero-order chi connectivity index (χ0) is 10.7. The molecule has 0 saturated carbocycles. The Kier molecular flexibility index (Phi) is 4.67. The molecule has 0 amide bonds. The minimum Gasteiger partial charge on any atom is -0.317 e. The Morgan fingerprint density at radius 3 is 2.20 bits per heavy atom. The molecule has 0 unspecified atom stereocenters. The van der Waals surface area contributed by atoms with Crippen LogP contribution in [0.4, 0.5) is 0 Å². The third-order valence-corrected chi connectivity index (χ3v) is 4.84. The first-order valence-corrected chi connectivity index (χ1v) is 7.07. The summed E-state index contributed by atoms with van der Waals surface area (Å²) >= 11 is 2.45. The first-order valence-electron chi connectivity index (χ1n) is 6.11. The van der Waals surface area contributed by atoms with Crippen molar-refractivity contribution in [1.29, 1.82) is 0 Å². The van der Waals surface area contributed by atoms with E-state index in [1.54, 1.807) is 0 Å². The molecule has 4 heteroatoms. The Morgan fingerprint density at radius 1 is 1.07 bits per heavy atom. The third kappa shape index (κ3) is 3.28. The van der Waals surface area contributed by atoms with Gasteiger partial charge in [0.25, 0.3) is 0 Å². The first-order chi connectivity index (χ1) is 7.27. The van der Waals surface area contributed by atoms with E-state index in [2.05, 4.69) is 43.2 Å². The lowest BCUT2D eigenvalue weighted by molar-refractivity contribution is 0.109. The van der Waals surface area contributed by atoms with Gasteiger partial charge in [0, 0.05) is 48.0 Å². The van der Waals surface area contributed by atoms with Gasteiger partial charge in [-0.15, -0.1) is 0 Å². The van der Waals surface area contributed by atoms with E-state index >= 15 is 0 Å². The Balaban J connectivity index is 1.81. The topological polar surface area (TPSA) is 18.5 Å². The molecule has 0 aromatic rings. The zero-order valence-corrected chi connectivity index (χ0v) is 11.7. The minimum absolute atomic E-state index is 0.831. The van der Waals surface area contributed by atoms with Crippen molar-refractivity contribution < 1.29 is 0 Å². The molecule has 2 saturated heterocycles. The van der Waals surface area contributed by atoms with E-state index < -0.39 is 0 Å². The van der Waals surface area contributed by atoms with Gasteiger partial charge in [-0.25, -0.2) is 3.11 Å². The maximum Gasteiger partial charge on any atom is 0.0201 e. The van der Waals surface area contributed by atoms with Crippen molar-refractivity contribution in [2.24, 2.45) is 0 Å². The lowest BCUT2D eigenvalue weighted by atomic mass is 9.99. The van der Waals surface area contributed by atoms with E-state index in [1.165, 1.54) is 51.9 Å². The quantitative estimate of drug-likeness (QED) is 0.614. The molecule has 0 aromatic heterocycles. The average molecular weight is 323 g/mol. The normalized spacial score (nSPS) is 27.4. The van der Waals surface area contributed by atoms with Crippen LogP contribution in [0.1, 0.15) is 25.7 Å². The van der Waals surface area contributed by atoms with Crippen molar-refractivity contribution in [2.75, 3.05) is 33.2 Å². The summed E-state index contributed by atoms with van der Waals surface area (Å²) in [7, 11) is 2.34. The number of nitrogens with one attached hydrogen (secondary N) is 1. The Morgan fingerprint density at radius 2 is 1.60 bits per heavy atom. The Labute approximate surface area is 107 Å². The SMILES string of the molecule is CN(C1CCNCC1)C1CCN(I)CC1. The average Bonchev–Trinajstić information content (AvgIpc) is 2.30. The van der Waals surface area contributed by atoms with Crippen LogP contribution in [-0.4, -0.2) is 53.3 Å². The smallest absolute Gasteiger partial charge is 0.0201 e. The Hall–Kier alpha value is 0.610. The highest BCUT2D eigenvalue weighted by molar-refractivity contribution is 14.1. The molecule has 15 heavy (non-hydrogen) atoms. The molecule has 2 heterocycles. The summed E-state index contributed by atoms with van der Waals surface area (Å²) in [6.45, 7) is 4.95. The second-order valence-electron chi connectivity index (χ2n) is 4.79. The second kappa shape index (κ2) is 5.80. The van der Waals surface area contributed by atoms with Crippen LogP contribution in [0.2, 0.25) is 0 Å². The molecule has 0 spiro atoms. The van der Waals surface area contributed by atoms with Gasteiger partial charge in [-0.3, -0.25) is 0 Å². The van der Waals surface area contributed by atoms with Crippen LogP contribution < -0.4 is 5.32 Å². The zero-order valence-electron chi connectivity index (χ0n) is 9.58. The van der Waals surface area contributed by atoms with Crippen molar-refractivity contribution in [3.63, 3.8) is 0 Å². The van der Waals surface area contributed by atoms with Crippen LogP contribution in [0.5, 0.6) is 0 Å². The molecule has 0 aromatic carbocycles. The number of nitrogens with zero attached hydrogens (tertiary/aromatic N) is 2. The van der Waals surface area contributed by atoms with Crippen molar-refractivity contribution in [1.82, 2.24) is 13.3 Å². The van der Waals surface area contributed by atoms with Crippen molar-refractivity contribution in [3.05, 3.63) is 0 Å². The van der Waals surface area contributed by atoms with Gasteiger partial charge in [-0.1, -0.05) is 0 Å². The van der Waals surface area contributed by atoms with Crippen molar-refractivity contribution in [3.8, 4) is 0 Å². The van der Waals surface area contributed by atoms with E-state index in [0.717, 1.165) is 12.1 Å². The van der Waals surface area contributed by atoms with Gasteiger partial charge in [0.05, 0.1) is 0 Å². The molecule has 88 valence electrons. The first kappa shape index (κ1) is 12.1. The summed E-state index contributed by atoms with van der Waals surface area (Å²) in [4.78, 5) is 2.66. The van der Waals surface area contributed by atoms with Gasteiger partial charge >= 0.3 is 0 Å². The standard InChI is InChI=1S/C11H22IN3/c1-14(10-2-6-13-7-3-10)11-4-8-15(12)9-5-11/h10-11,13H,2-9H2,1H3. The molecule has 1 N–H and O–H groups in total. The lowest BCUT2D eigenvalue weighted by Crippen LogP contribution is -2.48. The molecule has 0 radical (unpaired) electrons. The number of piperidine rings is 2. The number of halogens is 1. The minimum atomic E-state index is 0.831. The van der Waals surface area contributed by atoms with Crippen LogP contribution in [-0.2, 0) is 0 Å². The van der Waals surface area contributed by atoms with Gasteiger partial charge in [0.15, 0.2) is 0 Å². The molecule has 2 rings (SSSR count). The molecule has 0 bridgehead atoms. The maximum atomic E-state index is 3.44. The summed E-state index contributed by atoms with van der Waals surface area (Å²) in [5.41, 5.74) is 0. The summed E-state index contributed by atoms with van der Waals surface area (Å²) in [5, 5.41) is 3.44. The van der Waals surface area contributed by atoms with Gasteiger partial charge in [-0.05, 0) is 45.8 Å². The Bertz CT molecular complexity index is 186. The fourth-order valence-electron chi connectivity index (χ4n) is 2.75. The van der Waals surface area contributed by atoms with Crippen molar-refractivity contribution in [2.45, 2.75) is 37.8 Å². The van der Waals surface area contributed by atoms with Crippen LogP contribution in [0.25, 0.3) is 0 Å². The molecule has 0 atom stereocenters. The summed E-state index contributed by atoms with van der Waals surface area (Å²) in [5.74, 6) is 0. The fourth-order valence-corrected chi connectivity index (χ4v) is 3.31. The highest BCUT2D eigenvalue weighted by Crippen LogP contribution is 2.22. The van der Waals surface area contributed by atoms with E-state index in [-0.39, 0.29) is 0 Å². The van der Waals surface area contributed by atoms with Gasteiger partial charge in [-0.2, -0.15) is 0 Å². The van der Waals surface area contributed by atoms with E-state index in [4.69, 9.17) is 0 Å². The molecular formula is C11H22IN3. The number of hydrogen-bond acceptors (Lipinski definition) is 3. The molecule has 2 aliphatic rings. The predicted octanol–water partition coefficient (Wildman–Crippen LogP) is 1.48. The summed E-state index contributed by atoms with van der Waals surface area (Å²) in [6, 6.07) is 1.66. The van der Waals surface area contributed by atoms with Gasteiger partial charge in [0.2, 0.25) is 0 Å². The summed E-state index contributed by atoms with van der Waals surface area (Å²) < 4.78 is 2.42. The molecule has 2 aliphatic heterocycles. The van der Waals surface area contributed by atoms with Gasteiger partial charge in [0.1, 0.15) is 0 Å². The van der Waals surface area contributed by atoms with Crippen LogP contribution in [0, 0.1) is 0 Å². The van der Waals surface area contributed by atoms with E-state index in [1.807, 2.05) is 0 Å². The van der Waals surface area contributed by atoms with Crippen LogP contribution in [0.3, 0.4) is 0 Å². The number of hydrogen-bond donors (Lipinski definition) is 1. The molecule has 2 fully saturated rings. The molecular weight excluding hydrogens is 301 g/mol. The van der Waals surface area contributed by atoms with E-state index in [0.29, 0.717) is 0 Å². The van der Waals surface area contributed by atoms with Gasteiger partial charge < -0.3 is 10.2 Å². The molecule has 3 nitrogen and oxygen atoms in total. The van der Waals surface area contributed by atoms with Crippen molar-refractivity contribution >= 4 is 22.9 Å². The van der Waals surface area contributed by atoms with Crippen LogP contribution in [0.15, 0.2) is 0 Å². The second-order valence-corrected chi connectivity index (χ2v) is 6.15. The van der Waals surface area contributed by atoms with Crippen LogP contribution >= 0.6 is 22.9 Å². The fraction of sp³-hybridized carbons (Fsp3) is 1.00. The number of rotatable bonds is 2. The molecule has 0 aliphatic carbocycles. The maximum absolute atomic E-state index is 3.44. The summed E-state index contributed by atoms with van der Waals surface area (Å²) in [6.07, 6.45) is 5.37. The highest BCUT2D eigenvalue weighted by Gasteiger charge is 2.26. The largest absolute Gasteiger partial charge is 0.317 e.